The van der Waals surface area contributed by atoms with Gasteiger partial charge in [0.15, 0.2) is 11.6 Å². The molecule has 0 bridgehead atoms. The molecule has 0 saturated carbocycles. The summed E-state index contributed by atoms with van der Waals surface area (Å²) in [5.74, 6) is 0.673. The molecule has 1 aromatic carbocycles. The smallest absolute Gasteiger partial charge is 0.220 e. The predicted molar refractivity (Wildman–Crippen MR) is 70.0 cm³/mol. The Balaban J connectivity index is 2.24. The summed E-state index contributed by atoms with van der Waals surface area (Å²) >= 11 is 2.16. The number of benzene rings is 1. The van der Waals surface area contributed by atoms with Gasteiger partial charge in [-0.25, -0.2) is 9.37 Å². The molecular weight excluding hydrogens is 336 g/mol. The van der Waals surface area contributed by atoms with Crippen LogP contribution in [-0.4, -0.2) is 12.1 Å². The van der Waals surface area contributed by atoms with Crippen molar-refractivity contribution in [2.75, 3.05) is 7.11 Å². The van der Waals surface area contributed by atoms with Crippen molar-refractivity contribution >= 4 is 22.6 Å². The van der Waals surface area contributed by atoms with Crippen molar-refractivity contribution < 1.29 is 13.9 Å². The van der Waals surface area contributed by atoms with Gasteiger partial charge in [-0.1, -0.05) is 0 Å². The van der Waals surface area contributed by atoms with E-state index in [0.717, 1.165) is 3.57 Å². The largest absolute Gasteiger partial charge is 0.494 e. The molecule has 88 valence electrons. The van der Waals surface area contributed by atoms with Gasteiger partial charge in [-0.05, 0) is 40.8 Å². The van der Waals surface area contributed by atoms with Crippen molar-refractivity contribution in [3.8, 4) is 17.4 Å². The predicted octanol–water partition coefficient (Wildman–Crippen LogP) is 3.63. The molecule has 2 rings (SSSR count). The first kappa shape index (κ1) is 12.1. The first-order valence-electron chi connectivity index (χ1n) is 4.82. The lowest BCUT2D eigenvalue weighted by Gasteiger charge is -2.07. The molecule has 0 unspecified atom stereocenters. The third-order valence-corrected chi connectivity index (χ3v) is 2.71. The molecule has 0 amide bonds. The molecule has 1 heterocycles. The minimum Gasteiger partial charge on any atom is -0.494 e. The first-order chi connectivity index (χ1) is 8.19. The Morgan fingerprint density at radius 3 is 2.76 bits per heavy atom. The van der Waals surface area contributed by atoms with Crippen LogP contribution in [0, 0.1) is 9.39 Å². The highest BCUT2D eigenvalue weighted by Gasteiger charge is 2.05. The van der Waals surface area contributed by atoms with E-state index >= 15 is 0 Å². The molecule has 0 spiro atoms. The Hall–Kier alpha value is -1.37. The molecule has 3 nitrogen and oxygen atoms in total. The van der Waals surface area contributed by atoms with E-state index in [-0.39, 0.29) is 5.75 Å². The molecule has 0 radical (unpaired) electrons. The monoisotopic (exact) mass is 345 g/mol. The maximum absolute atomic E-state index is 13.2. The Bertz CT molecular complexity index is 534. The number of rotatable bonds is 3. The highest BCUT2D eigenvalue weighted by atomic mass is 127. The number of methoxy groups -OCH3 is 1. The maximum atomic E-state index is 13.2. The van der Waals surface area contributed by atoms with E-state index in [1.165, 1.54) is 25.3 Å². The molecule has 5 heteroatoms. The maximum Gasteiger partial charge on any atom is 0.220 e. The van der Waals surface area contributed by atoms with Crippen molar-refractivity contribution in [2.45, 2.75) is 0 Å². The number of ether oxygens (including phenoxy) is 2. The summed E-state index contributed by atoms with van der Waals surface area (Å²) in [6.07, 6.45) is 1.65. The lowest BCUT2D eigenvalue weighted by Crippen LogP contribution is -1.91. The zero-order valence-corrected chi connectivity index (χ0v) is 11.1. The first-order valence-corrected chi connectivity index (χ1v) is 5.90. The van der Waals surface area contributed by atoms with Crippen LogP contribution in [0.5, 0.6) is 17.4 Å². The fourth-order valence-corrected chi connectivity index (χ4v) is 1.69. The quantitative estimate of drug-likeness (QED) is 0.797. The molecule has 0 atom stereocenters. The van der Waals surface area contributed by atoms with Crippen molar-refractivity contribution in [3.63, 3.8) is 0 Å². The normalized spacial score (nSPS) is 10.1. The van der Waals surface area contributed by atoms with Gasteiger partial charge < -0.3 is 9.47 Å². The van der Waals surface area contributed by atoms with Crippen LogP contribution in [0.2, 0.25) is 0 Å². The van der Waals surface area contributed by atoms with Gasteiger partial charge in [-0.2, -0.15) is 0 Å². The topological polar surface area (TPSA) is 31.4 Å². The van der Waals surface area contributed by atoms with E-state index < -0.39 is 5.82 Å². The molecule has 0 N–H and O–H groups in total. The minimum atomic E-state index is -0.421. The SMILES string of the molecule is COc1cc(Oc2cc(I)ccn2)ccc1F. The fraction of sp³-hybridized carbons (Fsp3) is 0.0833. The number of hydrogen-bond donors (Lipinski definition) is 0. The van der Waals surface area contributed by atoms with E-state index in [9.17, 15) is 4.39 Å². The van der Waals surface area contributed by atoms with E-state index in [4.69, 9.17) is 9.47 Å². The molecule has 0 fully saturated rings. The van der Waals surface area contributed by atoms with Crippen molar-refractivity contribution in [1.29, 1.82) is 0 Å². The van der Waals surface area contributed by atoms with Crippen LogP contribution in [0.4, 0.5) is 4.39 Å². The van der Waals surface area contributed by atoms with Crippen LogP contribution < -0.4 is 9.47 Å². The average molecular weight is 345 g/mol. The second-order valence-corrected chi connectivity index (χ2v) is 4.46. The lowest BCUT2D eigenvalue weighted by molar-refractivity contribution is 0.380. The fourth-order valence-electron chi connectivity index (χ4n) is 1.27. The molecule has 0 saturated heterocycles. The molecule has 1 aromatic heterocycles. The Morgan fingerprint density at radius 1 is 1.24 bits per heavy atom. The zero-order chi connectivity index (χ0) is 12.3. The van der Waals surface area contributed by atoms with Crippen LogP contribution in [-0.2, 0) is 0 Å². The molecule has 2 aromatic rings. The van der Waals surface area contributed by atoms with Crippen LogP contribution in [0.3, 0.4) is 0 Å². The molecule has 17 heavy (non-hydrogen) atoms. The third-order valence-electron chi connectivity index (χ3n) is 2.04. The van der Waals surface area contributed by atoms with Crippen LogP contribution in [0.1, 0.15) is 0 Å². The Labute approximate surface area is 112 Å². The number of nitrogens with zero attached hydrogens (tertiary/aromatic N) is 1. The Kier molecular flexibility index (Phi) is 3.78. The minimum absolute atomic E-state index is 0.146. The number of hydrogen-bond acceptors (Lipinski definition) is 3. The summed E-state index contributed by atoms with van der Waals surface area (Å²) in [6, 6.07) is 7.95. The average Bonchev–Trinajstić information content (AvgIpc) is 2.32. The van der Waals surface area contributed by atoms with Gasteiger partial charge in [-0.15, -0.1) is 0 Å². The number of halogens is 2. The van der Waals surface area contributed by atoms with Crippen molar-refractivity contribution in [2.24, 2.45) is 0 Å². The summed E-state index contributed by atoms with van der Waals surface area (Å²) in [4.78, 5) is 4.05. The molecule has 0 aliphatic heterocycles. The van der Waals surface area contributed by atoms with E-state index in [2.05, 4.69) is 27.6 Å². The lowest BCUT2D eigenvalue weighted by atomic mass is 10.3. The zero-order valence-electron chi connectivity index (χ0n) is 8.98. The van der Waals surface area contributed by atoms with Crippen LogP contribution >= 0.6 is 22.6 Å². The van der Waals surface area contributed by atoms with E-state index in [0.29, 0.717) is 11.6 Å². The Morgan fingerprint density at radius 2 is 2.06 bits per heavy atom. The van der Waals surface area contributed by atoms with Crippen molar-refractivity contribution in [1.82, 2.24) is 4.98 Å². The molecular formula is C12H9FINO2. The highest BCUT2D eigenvalue weighted by Crippen LogP contribution is 2.26. The van der Waals surface area contributed by atoms with Crippen molar-refractivity contribution in [3.05, 3.63) is 45.9 Å². The number of aromatic nitrogens is 1. The van der Waals surface area contributed by atoms with Gasteiger partial charge in [-0.3, -0.25) is 0 Å². The van der Waals surface area contributed by atoms with Gasteiger partial charge in [0.05, 0.1) is 7.11 Å². The van der Waals surface area contributed by atoms with Gasteiger partial charge in [0, 0.05) is 21.9 Å². The van der Waals surface area contributed by atoms with Gasteiger partial charge in [0.1, 0.15) is 5.75 Å². The second kappa shape index (κ2) is 5.31. The second-order valence-electron chi connectivity index (χ2n) is 3.21. The highest BCUT2D eigenvalue weighted by molar-refractivity contribution is 14.1. The van der Waals surface area contributed by atoms with Crippen LogP contribution in [0.15, 0.2) is 36.5 Å². The van der Waals surface area contributed by atoms with Gasteiger partial charge in [0.2, 0.25) is 5.88 Å². The van der Waals surface area contributed by atoms with Crippen LogP contribution in [0.25, 0.3) is 0 Å². The summed E-state index contributed by atoms with van der Waals surface area (Å²) in [5, 5.41) is 0. The van der Waals surface area contributed by atoms with Gasteiger partial charge in [0.25, 0.3) is 0 Å². The van der Waals surface area contributed by atoms with E-state index in [1.807, 2.05) is 6.07 Å². The summed E-state index contributed by atoms with van der Waals surface area (Å²) in [7, 11) is 1.41. The summed E-state index contributed by atoms with van der Waals surface area (Å²) < 4.78 is 24.6. The van der Waals surface area contributed by atoms with E-state index in [1.54, 1.807) is 12.3 Å². The molecule has 0 aliphatic carbocycles. The number of pyridine rings is 1. The molecule has 0 aliphatic rings. The third kappa shape index (κ3) is 3.06. The van der Waals surface area contributed by atoms with Gasteiger partial charge >= 0.3 is 0 Å². The summed E-state index contributed by atoms with van der Waals surface area (Å²) in [6.45, 7) is 0. The standard InChI is InChI=1S/C12H9FINO2/c1-16-11-7-9(2-3-10(11)13)17-12-6-8(14)4-5-15-12/h2-7H,1H3. The summed E-state index contributed by atoms with van der Waals surface area (Å²) in [5.41, 5.74) is 0.